The molecule has 1 atom stereocenters. The third kappa shape index (κ3) is 4.48. The fraction of sp³-hybridized carbons (Fsp3) is 0.529. The van der Waals surface area contributed by atoms with E-state index in [1.807, 2.05) is 4.57 Å². The van der Waals surface area contributed by atoms with Crippen molar-refractivity contribution < 1.29 is 4.21 Å². The zero-order valence-corrected chi connectivity index (χ0v) is 14.4. The van der Waals surface area contributed by atoms with Gasteiger partial charge < -0.3 is 0 Å². The predicted molar refractivity (Wildman–Crippen MR) is 91.4 cm³/mol. The summed E-state index contributed by atoms with van der Waals surface area (Å²) < 4.78 is 13.5. The number of benzene rings is 1. The molecule has 1 aromatic carbocycles. The van der Waals surface area contributed by atoms with Crippen LogP contribution in [0.4, 0.5) is 0 Å². The third-order valence-corrected chi connectivity index (χ3v) is 5.41. The molecule has 1 saturated heterocycles. The van der Waals surface area contributed by atoms with E-state index in [-0.39, 0.29) is 0 Å². The lowest BCUT2D eigenvalue weighted by atomic mass is 9.91. The van der Waals surface area contributed by atoms with Crippen LogP contribution in [0.3, 0.4) is 0 Å². The van der Waals surface area contributed by atoms with E-state index in [0.29, 0.717) is 5.16 Å². The van der Waals surface area contributed by atoms with Crippen molar-refractivity contribution >= 4 is 10.8 Å². The van der Waals surface area contributed by atoms with Crippen LogP contribution >= 0.6 is 0 Å². The molecule has 124 valence electrons. The van der Waals surface area contributed by atoms with Crippen molar-refractivity contribution in [1.82, 2.24) is 19.7 Å². The molecule has 0 N–H and O–H groups in total. The fourth-order valence-electron chi connectivity index (χ4n) is 3.21. The van der Waals surface area contributed by atoms with Crippen LogP contribution in [0.2, 0.25) is 0 Å². The highest BCUT2D eigenvalue weighted by atomic mass is 32.2. The van der Waals surface area contributed by atoms with Crippen molar-refractivity contribution in [3.05, 3.63) is 42.2 Å². The van der Waals surface area contributed by atoms with Gasteiger partial charge in [-0.15, -0.1) is 10.2 Å². The smallest absolute Gasteiger partial charge is 0.222 e. The van der Waals surface area contributed by atoms with E-state index in [2.05, 4.69) is 45.4 Å². The van der Waals surface area contributed by atoms with Gasteiger partial charge in [-0.05, 0) is 37.2 Å². The van der Waals surface area contributed by atoms with Gasteiger partial charge in [-0.3, -0.25) is 13.7 Å². The monoisotopic (exact) mass is 332 g/mol. The Morgan fingerprint density at radius 1 is 1.22 bits per heavy atom. The normalized spacial score (nSPS) is 18.1. The molecule has 1 fully saturated rings. The summed E-state index contributed by atoms with van der Waals surface area (Å²) in [7, 11) is -1.08. The number of hydrogen-bond acceptors (Lipinski definition) is 4. The summed E-state index contributed by atoms with van der Waals surface area (Å²) in [6, 6.07) is 10.7. The Morgan fingerprint density at radius 2 is 1.96 bits per heavy atom. The Labute approximate surface area is 140 Å². The second-order valence-corrected chi connectivity index (χ2v) is 7.54. The Kier molecular flexibility index (Phi) is 5.56. The fourth-order valence-corrected chi connectivity index (χ4v) is 3.81. The summed E-state index contributed by atoms with van der Waals surface area (Å²) in [5, 5.41) is 8.39. The van der Waals surface area contributed by atoms with Crippen LogP contribution in [0.15, 0.2) is 41.8 Å². The number of piperidine rings is 1. The van der Waals surface area contributed by atoms with Gasteiger partial charge in [0.2, 0.25) is 5.16 Å². The predicted octanol–water partition coefficient (Wildman–Crippen LogP) is 2.32. The van der Waals surface area contributed by atoms with Crippen molar-refractivity contribution in [2.24, 2.45) is 5.92 Å². The Bertz CT molecular complexity index is 635. The van der Waals surface area contributed by atoms with E-state index in [0.717, 1.165) is 25.7 Å². The molecule has 6 heteroatoms. The number of nitrogens with zero attached hydrogens (tertiary/aromatic N) is 4. The van der Waals surface area contributed by atoms with Gasteiger partial charge in [-0.1, -0.05) is 30.3 Å². The Hall–Kier alpha value is -1.53. The lowest BCUT2D eigenvalue weighted by Crippen LogP contribution is -2.35. The molecule has 1 aliphatic heterocycles. The minimum atomic E-state index is -1.08. The quantitative estimate of drug-likeness (QED) is 0.814. The number of aryl methyl sites for hydroxylation is 1. The van der Waals surface area contributed by atoms with Crippen LogP contribution in [-0.2, 0) is 23.9 Å². The minimum Gasteiger partial charge on any atom is -0.293 e. The summed E-state index contributed by atoms with van der Waals surface area (Å²) in [5.74, 6) is 0.812. The van der Waals surface area contributed by atoms with Crippen molar-refractivity contribution in [1.29, 1.82) is 0 Å². The lowest BCUT2D eigenvalue weighted by molar-refractivity contribution is 0.139. The zero-order valence-electron chi connectivity index (χ0n) is 13.6. The first-order valence-corrected chi connectivity index (χ1v) is 9.75. The SMILES string of the molecule is CS(=O)c1nncn1CN1CCC(CCc2ccccc2)CC1. The van der Waals surface area contributed by atoms with Gasteiger partial charge in [0.05, 0.1) is 17.5 Å². The van der Waals surface area contributed by atoms with E-state index in [1.165, 1.54) is 31.2 Å². The molecule has 0 saturated carbocycles. The summed E-state index contributed by atoms with van der Waals surface area (Å²) >= 11 is 0. The molecule has 0 spiro atoms. The molecule has 0 radical (unpaired) electrons. The van der Waals surface area contributed by atoms with Gasteiger partial charge in [0.15, 0.2) is 0 Å². The summed E-state index contributed by atoms with van der Waals surface area (Å²) in [6.45, 7) is 2.92. The number of likely N-dealkylation sites (tertiary alicyclic amines) is 1. The average molecular weight is 332 g/mol. The molecule has 2 heterocycles. The van der Waals surface area contributed by atoms with Crippen molar-refractivity contribution in [2.45, 2.75) is 37.5 Å². The van der Waals surface area contributed by atoms with Gasteiger partial charge in [0.1, 0.15) is 6.33 Å². The first kappa shape index (κ1) is 16.3. The largest absolute Gasteiger partial charge is 0.293 e. The summed E-state index contributed by atoms with van der Waals surface area (Å²) in [5.41, 5.74) is 1.44. The molecule has 3 rings (SSSR count). The van der Waals surface area contributed by atoms with Crippen molar-refractivity contribution in [3.8, 4) is 0 Å². The maximum Gasteiger partial charge on any atom is 0.222 e. The lowest BCUT2D eigenvalue weighted by Gasteiger charge is -2.32. The maximum atomic E-state index is 11.6. The first-order chi connectivity index (χ1) is 11.2. The average Bonchev–Trinajstić information content (AvgIpc) is 3.04. The minimum absolute atomic E-state index is 0.566. The molecule has 5 nitrogen and oxygen atoms in total. The van der Waals surface area contributed by atoms with E-state index in [9.17, 15) is 4.21 Å². The maximum absolute atomic E-state index is 11.6. The van der Waals surface area contributed by atoms with Gasteiger partial charge in [0.25, 0.3) is 0 Å². The topological polar surface area (TPSA) is 51.0 Å². The molecule has 0 bridgehead atoms. The van der Waals surface area contributed by atoms with Gasteiger partial charge in [0, 0.05) is 19.3 Å². The standard InChI is InChI=1S/C17H24N4OS/c1-23(22)17-19-18-13-21(17)14-20-11-9-16(10-12-20)8-7-15-5-3-2-4-6-15/h2-6,13,16H,7-12,14H2,1H3. The Morgan fingerprint density at radius 3 is 2.65 bits per heavy atom. The van der Waals surface area contributed by atoms with Crippen LogP contribution in [0.5, 0.6) is 0 Å². The third-order valence-electron chi connectivity index (χ3n) is 4.58. The highest BCUT2D eigenvalue weighted by Gasteiger charge is 2.20. The van der Waals surface area contributed by atoms with Crippen molar-refractivity contribution in [2.75, 3.05) is 19.3 Å². The molecule has 2 aromatic rings. The van der Waals surface area contributed by atoms with Gasteiger partial charge in [-0.25, -0.2) is 0 Å². The second-order valence-electron chi connectivity index (χ2n) is 6.26. The highest BCUT2D eigenvalue weighted by Crippen LogP contribution is 2.23. The zero-order chi connectivity index (χ0) is 16.1. The van der Waals surface area contributed by atoms with Gasteiger partial charge >= 0.3 is 0 Å². The molecule has 1 aliphatic rings. The van der Waals surface area contributed by atoms with Gasteiger partial charge in [-0.2, -0.15) is 0 Å². The summed E-state index contributed by atoms with van der Waals surface area (Å²) in [4.78, 5) is 2.40. The molecule has 0 aliphatic carbocycles. The van der Waals surface area contributed by atoms with E-state index in [4.69, 9.17) is 0 Å². The van der Waals surface area contributed by atoms with Crippen LogP contribution in [0, 0.1) is 5.92 Å². The molecular formula is C17H24N4OS. The number of rotatable bonds is 6. The van der Waals surface area contributed by atoms with Crippen LogP contribution in [-0.4, -0.2) is 43.2 Å². The van der Waals surface area contributed by atoms with Crippen LogP contribution in [0.25, 0.3) is 0 Å². The number of hydrogen-bond donors (Lipinski definition) is 0. The van der Waals surface area contributed by atoms with Crippen LogP contribution in [0.1, 0.15) is 24.8 Å². The molecule has 1 aromatic heterocycles. The van der Waals surface area contributed by atoms with Crippen molar-refractivity contribution in [3.63, 3.8) is 0 Å². The molecular weight excluding hydrogens is 308 g/mol. The van der Waals surface area contributed by atoms with Crippen LogP contribution < -0.4 is 0 Å². The highest BCUT2D eigenvalue weighted by molar-refractivity contribution is 7.84. The van der Waals surface area contributed by atoms with E-state index >= 15 is 0 Å². The van der Waals surface area contributed by atoms with E-state index < -0.39 is 10.8 Å². The second kappa shape index (κ2) is 7.84. The number of aromatic nitrogens is 3. The summed E-state index contributed by atoms with van der Waals surface area (Å²) in [6.07, 6.45) is 8.25. The molecule has 1 unspecified atom stereocenters. The first-order valence-electron chi connectivity index (χ1n) is 8.20. The molecule has 23 heavy (non-hydrogen) atoms. The van der Waals surface area contributed by atoms with E-state index in [1.54, 1.807) is 12.6 Å². The molecule has 0 amide bonds. The Balaban J connectivity index is 1.45.